The van der Waals surface area contributed by atoms with E-state index in [4.69, 9.17) is 0 Å². The van der Waals surface area contributed by atoms with Crippen LogP contribution in [0.25, 0.3) is 5.82 Å². The standard InChI is InChI=1S/C23H32F3N5O/c1-16(2)21-19(15-28-31(21)20-11-10-17(14-27-20)23(24,25)26)22(32)30(4)13-12-29(3)18-8-6-5-7-9-18/h10-11,14-16,18H,5-9,12-13H2,1-4H3. The summed E-state index contributed by atoms with van der Waals surface area (Å²) in [6.07, 6.45) is 4.06. The first-order valence-electron chi connectivity index (χ1n) is 11.2. The van der Waals surface area contributed by atoms with Crippen molar-refractivity contribution < 1.29 is 18.0 Å². The van der Waals surface area contributed by atoms with Crippen LogP contribution in [-0.2, 0) is 6.18 Å². The molecule has 176 valence electrons. The molecule has 32 heavy (non-hydrogen) atoms. The Bertz CT molecular complexity index is 901. The molecule has 1 amide bonds. The van der Waals surface area contributed by atoms with Crippen LogP contribution >= 0.6 is 0 Å². The summed E-state index contributed by atoms with van der Waals surface area (Å²) >= 11 is 0. The molecular formula is C23H32F3N5O. The number of amides is 1. The minimum atomic E-state index is -4.45. The summed E-state index contributed by atoms with van der Waals surface area (Å²) in [7, 11) is 3.89. The van der Waals surface area contributed by atoms with Crippen molar-refractivity contribution in [3.05, 3.63) is 41.3 Å². The second kappa shape index (κ2) is 10.0. The number of alkyl halides is 3. The maximum Gasteiger partial charge on any atom is 0.417 e. The van der Waals surface area contributed by atoms with Gasteiger partial charge in [-0.1, -0.05) is 33.1 Å². The molecule has 0 aromatic carbocycles. The number of carbonyl (C=O) groups excluding carboxylic acids is 1. The lowest BCUT2D eigenvalue weighted by Gasteiger charge is -2.32. The molecule has 0 bridgehead atoms. The van der Waals surface area contributed by atoms with Crippen molar-refractivity contribution in [1.29, 1.82) is 0 Å². The minimum absolute atomic E-state index is 0.0705. The zero-order valence-corrected chi connectivity index (χ0v) is 19.2. The van der Waals surface area contributed by atoms with E-state index in [1.54, 1.807) is 11.9 Å². The fraction of sp³-hybridized carbons (Fsp3) is 0.609. The van der Waals surface area contributed by atoms with E-state index in [2.05, 4.69) is 22.0 Å². The first-order valence-corrected chi connectivity index (χ1v) is 11.2. The summed E-state index contributed by atoms with van der Waals surface area (Å²) in [5.41, 5.74) is 0.261. The molecule has 1 fully saturated rings. The molecule has 9 heteroatoms. The lowest BCUT2D eigenvalue weighted by atomic mass is 9.94. The van der Waals surface area contributed by atoms with E-state index in [0.29, 0.717) is 23.8 Å². The molecule has 0 unspecified atom stereocenters. The molecule has 0 N–H and O–H groups in total. The summed E-state index contributed by atoms with van der Waals surface area (Å²) in [6.45, 7) is 5.22. The van der Waals surface area contributed by atoms with Gasteiger partial charge < -0.3 is 9.80 Å². The molecular weight excluding hydrogens is 419 g/mol. The largest absolute Gasteiger partial charge is 0.417 e. The van der Waals surface area contributed by atoms with Gasteiger partial charge in [0.2, 0.25) is 0 Å². The number of aromatic nitrogens is 3. The fourth-order valence-corrected chi connectivity index (χ4v) is 4.26. The maximum absolute atomic E-state index is 13.2. The van der Waals surface area contributed by atoms with Gasteiger partial charge in [0.15, 0.2) is 5.82 Å². The second-order valence-electron chi connectivity index (χ2n) is 8.91. The first-order chi connectivity index (χ1) is 15.1. The molecule has 0 aliphatic heterocycles. The van der Waals surface area contributed by atoms with Gasteiger partial charge in [-0.05, 0) is 37.9 Å². The Labute approximate surface area is 187 Å². The monoisotopic (exact) mass is 451 g/mol. The van der Waals surface area contributed by atoms with Gasteiger partial charge in [0, 0.05) is 32.4 Å². The highest BCUT2D eigenvalue weighted by Gasteiger charge is 2.31. The van der Waals surface area contributed by atoms with Crippen molar-refractivity contribution in [2.45, 2.75) is 64.1 Å². The Morgan fingerprint density at radius 1 is 1.12 bits per heavy atom. The normalized spacial score (nSPS) is 15.5. The van der Waals surface area contributed by atoms with Crippen LogP contribution in [0, 0.1) is 0 Å². The van der Waals surface area contributed by atoms with Crippen molar-refractivity contribution in [2.75, 3.05) is 27.2 Å². The number of nitrogens with zero attached hydrogens (tertiary/aromatic N) is 5. The van der Waals surface area contributed by atoms with E-state index >= 15 is 0 Å². The van der Waals surface area contributed by atoms with Crippen LogP contribution in [0.5, 0.6) is 0 Å². The molecule has 0 atom stereocenters. The van der Waals surface area contributed by atoms with Crippen molar-refractivity contribution in [1.82, 2.24) is 24.6 Å². The highest BCUT2D eigenvalue weighted by atomic mass is 19.4. The summed E-state index contributed by atoms with van der Waals surface area (Å²) in [6, 6.07) is 2.83. The van der Waals surface area contributed by atoms with Crippen molar-refractivity contribution >= 4 is 5.91 Å². The summed E-state index contributed by atoms with van der Waals surface area (Å²) in [4.78, 5) is 21.1. The summed E-state index contributed by atoms with van der Waals surface area (Å²) < 4.78 is 40.0. The van der Waals surface area contributed by atoms with Gasteiger partial charge in [-0.3, -0.25) is 4.79 Å². The quantitative estimate of drug-likeness (QED) is 0.610. The minimum Gasteiger partial charge on any atom is -0.340 e. The van der Waals surface area contributed by atoms with Gasteiger partial charge >= 0.3 is 6.18 Å². The molecule has 1 saturated carbocycles. The van der Waals surface area contributed by atoms with Gasteiger partial charge in [-0.15, -0.1) is 0 Å². The van der Waals surface area contributed by atoms with Crippen LogP contribution in [0.2, 0.25) is 0 Å². The number of carbonyl (C=O) groups is 1. The van der Waals surface area contributed by atoms with E-state index < -0.39 is 11.7 Å². The average Bonchev–Trinajstić information content (AvgIpc) is 3.22. The number of likely N-dealkylation sites (N-methyl/N-ethyl adjacent to an activating group) is 2. The number of hydrogen-bond acceptors (Lipinski definition) is 4. The predicted octanol–water partition coefficient (Wildman–Crippen LogP) is 4.75. The molecule has 1 aliphatic carbocycles. The number of rotatable bonds is 7. The van der Waals surface area contributed by atoms with E-state index in [1.807, 2.05) is 13.8 Å². The Kier molecular flexibility index (Phi) is 7.59. The predicted molar refractivity (Wildman–Crippen MR) is 117 cm³/mol. The van der Waals surface area contributed by atoms with Gasteiger partial charge in [0.05, 0.1) is 23.0 Å². The number of halogens is 3. The zero-order chi connectivity index (χ0) is 23.5. The molecule has 2 heterocycles. The fourth-order valence-electron chi connectivity index (χ4n) is 4.26. The van der Waals surface area contributed by atoms with Crippen LogP contribution in [0.3, 0.4) is 0 Å². The van der Waals surface area contributed by atoms with Crippen LogP contribution in [-0.4, -0.2) is 63.7 Å². The van der Waals surface area contributed by atoms with Gasteiger partial charge in [-0.2, -0.15) is 18.3 Å². The van der Waals surface area contributed by atoms with Crippen LogP contribution in [0.4, 0.5) is 13.2 Å². The molecule has 0 saturated heterocycles. The Balaban J connectivity index is 1.74. The maximum atomic E-state index is 13.2. The molecule has 0 spiro atoms. The van der Waals surface area contributed by atoms with Crippen LogP contribution in [0.15, 0.2) is 24.5 Å². The van der Waals surface area contributed by atoms with Gasteiger partial charge in [-0.25, -0.2) is 9.67 Å². The topological polar surface area (TPSA) is 54.3 Å². The van der Waals surface area contributed by atoms with Crippen molar-refractivity contribution in [3.8, 4) is 5.82 Å². The smallest absolute Gasteiger partial charge is 0.340 e. The third-order valence-corrected chi connectivity index (χ3v) is 6.21. The third kappa shape index (κ3) is 5.49. The van der Waals surface area contributed by atoms with Crippen molar-refractivity contribution in [3.63, 3.8) is 0 Å². The van der Waals surface area contributed by atoms with Crippen LogP contribution in [0.1, 0.15) is 73.5 Å². The summed E-state index contributed by atoms with van der Waals surface area (Å²) in [5, 5.41) is 4.29. The lowest BCUT2D eigenvalue weighted by Crippen LogP contribution is -2.40. The second-order valence-corrected chi connectivity index (χ2v) is 8.91. The average molecular weight is 452 g/mol. The number of hydrogen-bond donors (Lipinski definition) is 0. The first kappa shape index (κ1) is 24.2. The molecule has 0 radical (unpaired) electrons. The molecule has 3 rings (SSSR count). The highest BCUT2D eigenvalue weighted by Crippen LogP contribution is 2.30. The molecule has 2 aromatic rings. The number of pyridine rings is 1. The van der Waals surface area contributed by atoms with E-state index in [9.17, 15) is 18.0 Å². The molecule has 6 nitrogen and oxygen atoms in total. The van der Waals surface area contributed by atoms with Crippen LogP contribution < -0.4 is 0 Å². The van der Waals surface area contributed by atoms with E-state index in [1.165, 1.54) is 49.0 Å². The third-order valence-electron chi connectivity index (χ3n) is 6.21. The van der Waals surface area contributed by atoms with E-state index in [0.717, 1.165) is 18.8 Å². The van der Waals surface area contributed by atoms with Gasteiger partial charge in [0.1, 0.15) is 0 Å². The highest BCUT2D eigenvalue weighted by molar-refractivity contribution is 5.95. The molecule has 2 aromatic heterocycles. The van der Waals surface area contributed by atoms with Gasteiger partial charge in [0.25, 0.3) is 5.91 Å². The lowest BCUT2D eigenvalue weighted by molar-refractivity contribution is -0.137. The zero-order valence-electron chi connectivity index (χ0n) is 19.2. The Morgan fingerprint density at radius 2 is 1.81 bits per heavy atom. The Morgan fingerprint density at radius 3 is 2.38 bits per heavy atom. The molecule has 1 aliphatic rings. The summed E-state index contributed by atoms with van der Waals surface area (Å²) in [5.74, 6) is 0.0307. The van der Waals surface area contributed by atoms with E-state index in [-0.39, 0.29) is 17.6 Å². The van der Waals surface area contributed by atoms with Crippen molar-refractivity contribution in [2.24, 2.45) is 0 Å². The Hall–Kier alpha value is -2.42. The SMILES string of the molecule is CC(C)c1c(C(=O)N(C)CCN(C)C2CCCCC2)cnn1-c1ccc(C(F)(F)F)cn1.